The highest BCUT2D eigenvalue weighted by molar-refractivity contribution is 6.62. The van der Waals surface area contributed by atoms with Gasteiger partial charge in [0.25, 0.3) is 0 Å². The number of carbonyl (C=O) groups excluding carboxylic acids is 2. The van der Waals surface area contributed by atoms with E-state index >= 15 is 4.39 Å². The molecule has 2 bridgehead atoms. The van der Waals surface area contributed by atoms with E-state index in [1.165, 1.54) is 18.3 Å². The SMILES string of the molecule is C=C[C@]1(C)C[C@@H](OC(=O)COc2ccc3c(c2F)B(O)ON=C3)[C@@]2(C)C[C@](CCC(C)=O)(CC[C@H]2C)[C@@H](C)[C@@H]1O. The topological polar surface area (TPSA) is 115 Å². The number of hydrogen-bond acceptors (Lipinski definition) is 8. The van der Waals surface area contributed by atoms with E-state index in [-0.39, 0.29) is 34.2 Å². The maximum atomic E-state index is 15.0. The third-order valence-electron chi connectivity index (χ3n) is 10.2. The summed E-state index contributed by atoms with van der Waals surface area (Å²) in [6, 6.07) is 2.88. The van der Waals surface area contributed by atoms with Gasteiger partial charge in [0.15, 0.2) is 18.2 Å². The van der Waals surface area contributed by atoms with E-state index in [2.05, 4.69) is 32.5 Å². The molecule has 1 heterocycles. The van der Waals surface area contributed by atoms with Crippen LogP contribution in [0.5, 0.6) is 5.75 Å². The molecule has 0 saturated heterocycles. The predicted octanol–water partition coefficient (Wildman–Crippen LogP) is 3.94. The molecular weight excluding hydrogens is 516 g/mol. The molecule has 2 saturated carbocycles. The molecule has 40 heavy (non-hydrogen) atoms. The van der Waals surface area contributed by atoms with Crippen LogP contribution in [-0.4, -0.2) is 54.0 Å². The number of esters is 1. The Labute approximate surface area is 236 Å². The molecular formula is C30H41BFNO7. The summed E-state index contributed by atoms with van der Waals surface area (Å²) in [4.78, 5) is 25.2. The third kappa shape index (κ3) is 5.44. The van der Waals surface area contributed by atoms with Crippen LogP contribution >= 0.6 is 0 Å². The van der Waals surface area contributed by atoms with Gasteiger partial charge in [-0.05, 0) is 68.4 Å². The molecule has 2 fully saturated rings. The number of aliphatic hydroxyl groups is 1. The van der Waals surface area contributed by atoms with Crippen molar-refractivity contribution in [1.29, 1.82) is 0 Å². The third-order valence-corrected chi connectivity index (χ3v) is 10.2. The fourth-order valence-electron chi connectivity index (χ4n) is 7.17. The average molecular weight is 557 g/mol. The van der Waals surface area contributed by atoms with E-state index in [1.54, 1.807) is 13.0 Å². The Kier molecular flexibility index (Phi) is 8.53. The number of aliphatic hydroxyl groups excluding tert-OH is 1. The number of hydrogen-bond donors (Lipinski definition) is 2. The number of rotatable bonds is 8. The van der Waals surface area contributed by atoms with Crippen molar-refractivity contribution < 1.29 is 38.3 Å². The van der Waals surface area contributed by atoms with Gasteiger partial charge in [-0.25, -0.2) is 9.18 Å². The first-order chi connectivity index (χ1) is 18.8. The summed E-state index contributed by atoms with van der Waals surface area (Å²) in [5.74, 6) is -1.47. The second-order valence-corrected chi connectivity index (χ2v) is 12.7. The van der Waals surface area contributed by atoms with E-state index in [9.17, 15) is 19.7 Å². The van der Waals surface area contributed by atoms with Crippen molar-refractivity contribution in [2.45, 2.75) is 85.4 Å². The Morgan fingerprint density at radius 2 is 2.05 bits per heavy atom. The smallest absolute Gasteiger partial charge is 0.479 e. The van der Waals surface area contributed by atoms with Crippen LogP contribution in [0.1, 0.15) is 78.7 Å². The zero-order valence-corrected chi connectivity index (χ0v) is 24.1. The van der Waals surface area contributed by atoms with Gasteiger partial charge in [0.1, 0.15) is 11.9 Å². The lowest BCUT2D eigenvalue weighted by Gasteiger charge is -2.60. The van der Waals surface area contributed by atoms with Crippen molar-refractivity contribution in [2.75, 3.05) is 6.61 Å². The Bertz CT molecular complexity index is 1190. The number of fused-ring (bicyclic) bond motifs is 3. The molecule has 4 rings (SSSR count). The summed E-state index contributed by atoms with van der Waals surface area (Å²) >= 11 is 0. The zero-order chi connectivity index (χ0) is 29.5. The molecule has 0 amide bonds. The molecule has 0 spiro atoms. The molecule has 10 heteroatoms. The minimum Gasteiger partial charge on any atom is -0.479 e. The number of ether oxygens (including phenoxy) is 2. The zero-order valence-electron chi connectivity index (χ0n) is 24.1. The van der Waals surface area contributed by atoms with Crippen LogP contribution in [0.15, 0.2) is 29.9 Å². The van der Waals surface area contributed by atoms with E-state index in [4.69, 9.17) is 14.2 Å². The Morgan fingerprint density at radius 3 is 2.73 bits per heavy atom. The van der Waals surface area contributed by atoms with Gasteiger partial charge in [-0.3, -0.25) is 0 Å². The fourth-order valence-corrected chi connectivity index (χ4v) is 7.17. The molecule has 218 valence electrons. The highest BCUT2D eigenvalue weighted by atomic mass is 19.1. The summed E-state index contributed by atoms with van der Waals surface area (Å²) < 4.78 is 31.4. The quantitative estimate of drug-likeness (QED) is 0.283. The maximum Gasteiger partial charge on any atom is 0.586 e. The first kappa shape index (κ1) is 30.2. The molecule has 1 aromatic carbocycles. The minimum absolute atomic E-state index is 0.0852. The molecule has 8 nitrogen and oxygen atoms in total. The van der Waals surface area contributed by atoms with Crippen LogP contribution in [0.4, 0.5) is 4.39 Å². The van der Waals surface area contributed by atoms with Crippen LogP contribution in [0, 0.1) is 33.9 Å². The first-order valence-corrected chi connectivity index (χ1v) is 14.1. The molecule has 3 aliphatic rings. The van der Waals surface area contributed by atoms with Crippen LogP contribution in [0.3, 0.4) is 0 Å². The number of ketones is 1. The van der Waals surface area contributed by atoms with Crippen LogP contribution < -0.4 is 10.2 Å². The van der Waals surface area contributed by atoms with Gasteiger partial charge in [0, 0.05) is 28.3 Å². The summed E-state index contributed by atoms with van der Waals surface area (Å²) in [6.07, 6.45) is 5.66. The number of nitrogens with zero attached hydrogens (tertiary/aromatic N) is 1. The molecule has 0 aromatic heterocycles. The first-order valence-electron chi connectivity index (χ1n) is 14.1. The summed E-state index contributed by atoms with van der Waals surface area (Å²) in [5.41, 5.74) is -1.23. The number of benzene rings is 1. The summed E-state index contributed by atoms with van der Waals surface area (Å²) in [5, 5.41) is 25.1. The fraction of sp³-hybridized carbons (Fsp3) is 0.633. The van der Waals surface area contributed by atoms with Gasteiger partial charge >= 0.3 is 13.1 Å². The minimum atomic E-state index is -1.58. The molecule has 1 aliphatic heterocycles. The van der Waals surface area contributed by atoms with Crippen molar-refractivity contribution in [3.05, 3.63) is 36.2 Å². The standard InChI is InChI=1S/C30H41BFNO7/c1-7-28(5)14-23(29(6)17-30(12-10-18(29)2,13-11-19(3)34)20(4)27(28)36)39-24(35)16-38-22-9-8-21-15-33-40-31(37)25(21)26(22)32/h7-9,15,18,20,23,27,36-37H,1,10-14,16-17H2,2-6H3/t18-,20+,23-,27+,28-,29+,30-/m1/s1. The van der Waals surface area contributed by atoms with E-state index in [0.29, 0.717) is 31.2 Å². The monoisotopic (exact) mass is 557 g/mol. The Hall–Kier alpha value is -2.72. The lowest BCUT2D eigenvalue weighted by atomic mass is 9.47. The maximum absolute atomic E-state index is 15.0. The van der Waals surface area contributed by atoms with Gasteiger partial charge in [-0.2, -0.15) is 0 Å². The van der Waals surface area contributed by atoms with Crippen molar-refractivity contribution in [1.82, 2.24) is 0 Å². The van der Waals surface area contributed by atoms with Crippen molar-refractivity contribution in [2.24, 2.45) is 33.2 Å². The largest absolute Gasteiger partial charge is 0.586 e. The number of carbonyl (C=O) groups is 2. The van der Waals surface area contributed by atoms with E-state index in [1.807, 2.05) is 6.92 Å². The summed E-state index contributed by atoms with van der Waals surface area (Å²) in [6.45, 7) is 13.4. The van der Waals surface area contributed by atoms with Gasteiger partial charge in [0.2, 0.25) is 0 Å². The molecule has 0 unspecified atom stereocenters. The van der Waals surface area contributed by atoms with Crippen LogP contribution in [0.25, 0.3) is 0 Å². The predicted molar refractivity (Wildman–Crippen MR) is 150 cm³/mol. The van der Waals surface area contributed by atoms with E-state index < -0.39 is 48.5 Å². The molecule has 7 atom stereocenters. The van der Waals surface area contributed by atoms with Gasteiger partial charge in [0.05, 0.1) is 12.3 Å². The van der Waals surface area contributed by atoms with Crippen LogP contribution in [0.2, 0.25) is 0 Å². The molecule has 2 aliphatic carbocycles. The Morgan fingerprint density at radius 1 is 1.32 bits per heavy atom. The molecule has 1 aromatic rings. The number of halogens is 1. The lowest BCUT2D eigenvalue weighted by Crippen LogP contribution is -2.58. The summed E-state index contributed by atoms with van der Waals surface area (Å²) in [7, 11) is -1.58. The highest BCUT2D eigenvalue weighted by Gasteiger charge is 2.58. The highest BCUT2D eigenvalue weighted by Crippen LogP contribution is 2.62. The number of oxime groups is 1. The lowest BCUT2D eigenvalue weighted by molar-refractivity contribution is -0.190. The Balaban J connectivity index is 1.59. The number of Topliss-reactive ketones (excluding diaryl/α,β-unsaturated/α-hetero) is 1. The second kappa shape index (κ2) is 11.3. The molecule has 2 N–H and O–H groups in total. The molecule has 0 radical (unpaired) electrons. The van der Waals surface area contributed by atoms with Crippen molar-refractivity contribution in [3.8, 4) is 5.75 Å². The van der Waals surface area contributed by atoms with Crippen LogP contribution in [-0.2, 0) is 19.1 Å². The van der Waals surface area contributed by atoms with Gasteiger partial charge < -0.3 is 29.2 Å². The average Bonchev–Trinajstić information content (AvgIpc) is 2.91. The van der Waals surface area contributed by atoms with E-state index in [0.717, 1.165) is 12.8 Å². The second-order valence-electron chi connectivity index (χ2n) is 12.7. The van der Waals surface area contributed by atoms with Crippen molar-refractivity contribution in [3.63, 3.8) is 0 Å². The van der Waals surface area contributed by atoms with Gasteiger partial charge in [-0.15, -0.1) is 11.7 Å². The van der Waals surface area contributed by atoms with Gasteiger partial charge in [-0.1, -0.05) is 33.8 Å². The van der Waals surface area contributed by atoms with Crippen molar-refractivity contribution >= 4 is 30.5 Å². The normalized spacial score (nSPS) is 35.0.